The number of pyridine rings is 1. The lowest BCUT2D eigenvalue weighted by Crippen LogP contribution is -2.43. The van der Waals surface area contributed by atoms with Gasteiger partial charge in [-0.25, -0.2) is 0 Å². The molecule has 4 rings (SSSR count). The Morgan fingerprint density at radius 3 is 2.73 bits per heavy atom. The standard InChI is InChI=1S/C18H15Cl2N5O/c1-11-22-23-17-16(14-7-2-3-8-21-14)25(10-9-24(11)17)18(26)12-5-4-6-13(19)15(12)20/h2-8,16H,9-10H2,1H3. The van der Waals surface area contributed by atoms with Gasteiger partial charge in [0.25, 0.3) is 5.91 Å². The summed E-state index contributed by atoms with van der Waals surface area (Å²) in [4.78, 5) is 19.4. The maximum atomic E-state index is 13.3. The summed E-state index contributed by atoms with van der Waals surface area (Å²) in [5, 5.41) is 9.07. The summed E-state index contributed by atoms with van der Waals surface area (Å²) in [6.07, 6.45) is 1.70. The van der Waals surface area contributed by atoms with Gasteiger partial charge in [0.05, 0.1) is 21.3 Å². The van der Waals surface area contributed by atoms with Crippen LogP contribution >= 0.6 is 23.2 Å². The number of benzene rings is 1. The molecule has 26 heavy (non-hydrogen) atoms. The van der Waals surface area contributed by atoms with Crippen molar-refractivity contribution in [1.82, 2.24) is 24.6 Å². The molecule has 2 aromatic heterocycles. The van der Waals surface area contributed by atoms with E-state index in [1.54, 1.807) is 29.3 Å². The van der Waals surface area contributed by atoms with Crippen LogP contribution in [-0.4, -0.2) is 37.1 Å². The van der Waals surface area contributed by atoms with Gasteiger partial charge in [0.15, 0.2) is 5.82 Å². The van der Waals surface area contributed by atoms with E-state index in [9.17, 15) is 4.79 Å². The molecule has 1 atom stereocenters. The minimum absolute atomic E-state index is 0.208. The fourth-order valence-corrected chi connectivity index (χ4v) is 3.61. The summed E-state index contributed by atoms with van der Waals surface area (Å²) in [5.74, 6) is 1.30. The Balaban J connectivity index is 1.82. The molecule has 0 N–H and O–H groups in total. The van der Waals surface area contributed by atoms with Crippen LogP contribution in [-0.2, 0) is 6.54 Å². The molecule has 0 spiro atoms. The zero-order valence-corrected chi connectivity index (χ0v) is 15.4. The van der Waals surface area contributed by atoms with Crippen molar-refractivity contribution in [2.24, 2.45) is 0 Å². The topological polar surface area (TPSA) is 63.9 Å². The van der Waals surface area contributed by atoms with E-state index in [-0.39, 0.29) is 10.9 Å². The first kappa shape index (κ1) is 17.0. The number of amides is 1. The fourth-order valence-electron chi connectivity index (χ4n) is 3.22. The lowest BCUT2D eigenvalue weighted by atomic mass is 10.1. The van der Waals surface area contributed by atoms with Crippen LogP contribution in [0.2, 0.25) is 10.0 Å². The van der Waals surface area contributed by atoms with Crippen LogP contribution in [0.4, 0.5) is 0 Å². The van der Waals surface area contributed by atoms with Crippen LogP contribution in [0.3, 0.4) is 0 Å². The Hall–Kier alpha value is -2.44. The van der Waals surface area contributed by atoms with Gasteiger partial charge in [0.2, 0.25) is 0 Å². The van der Waals surface area contributed by atoms with Crippen molar-refractivity contribution in [3.63, 3.8) is 0 Å². The Kier molecular flexibility index (Phi) is 4.38. The van der Waals surface area contributed by atoms with Crippen molar-refractivity contribution in [3.05, 3.63) is 75.5 Å². The van der Waals surface area contributed by atoms with Gasteiger partial charge in [-0.15, -0.1) is 10.2 Å². The monoisotopic (exact) mass is 387 g/mol. The molecule has 3 aromatic rings. The second kappa shape index (κ2) is 6.70. The summed E-state index contributed by atoms with van der Waals surface area (Å²) < 4.78 is 2.02. The Morgan fingerprint density at radius 2 is 1.96 bits per heavy atom. The molecule has 6 nitrogen and oxygen atoms in total. The molecule has 0 bridgehead atoms. The van der Waals surface area contributed by atoms with E-state index in [0.717, 1.165) is 11.5 Å². The van der Waals surface area contributed by atoms with E-state index in [1.807, 2.05) is 29.7 Å². The number of aromatic nitrogens is 4. The van der Waals surface area contributed by atoms with Gasteiger partial charge in [-0.2, -0.15) is 0 Å². The number of carbonyl (C=O) groups is 1. The van der Waals surface area contributed by atoms with Crippen molar-refractivity contribution >= 4 is 29.1 Å². The third-order valence-electron chi connectivity index (χ3n) is 4.50. The summed E-state index contributed by atoms with van der Waals surface area (Å²) in [5.41, 5.74) is 1.09. The van der Waals surface area contributed by atoms with E-state index in [1.165, 1.54) is 0 Å². The van der Waals surface area contributed by atoms with Crippen molar-refractivity contribution in [1.29, 1.82) is 0 Å². The molecule has 0 radical (unpaired) electrons. The zero-order chi connectivity index (χ0) is 18.3. The van der Waals surface area contributed by atoms with E-state index >= 15 is 0 Å². The van der Waals surface area contributed by atoms with E-state index in [0.29, 0.717) is 29.5 Å². The molecule has 0 saturated heterocycles. The molecule has 132 valence electrons. The highest BCUT2D eigenvalue weighted by molar-refractivity contribution is 6.43. The van der Waals surface area contributed by atoms with Crippen LogP contribution in [0.1, 0.15) is 33.7 Å². The first-order valence-corrected chi connectivity index (χ1v) is 8.89. The van der Waals surface area contributed by atoms with Crippen molar-refractivity contribution in [2.45, 2.75) is 19.5 Å². The highest BCUT2D eigenvalue weighted by atomic mass is 35.5. The number of halogens is 2. The molecular weight excluding hydrogens is 373 g/mol. The molecule has 0 saturated carbocycles. The Morgan fingerprint density at radius 1 is 1.12 bits per heavy atom. The molecule has 3 heterocycles. The van der Waals surface area contributed by atoms with Crippen molar-refractivity contribution in [2.75, 3.05) is 6.54 Å². The van der Waals surface area contributed by atoms with Gasteiger partial charge in [0.1, 0.15) is 11.9 Å². The predicted octanol–water partition coefficient (Wildman–Crippen LogP) is 3.53. The molecule has 0 aliphatic carbocycles. The number of hydrogen-bond acceptors (Lipinski definition) is 4. The number of hydrogen-bond donors (Lipinski definition) is 0. The summed E-state index contributed by atoms with van der Waals surface area (Å²) in [6.45, 7) is 3.01. The zero-order valence-electron chi connectivity index (χ0n) is 13.9. The summed E-state index contributed by atoms with van der Waals surface area (Å²) in [6, 6.07) is 10.2. The van der Waals surface area contributed by atoms with Gasteiger partial charge in [0, 0.05) is 19.3 Å². The van der Waals surface area contributed by atoms with Crippen LogP contribution in [0.5, 0.6) is 0 Å². The van der Waals surface area contributed by atoms with Crippen LogP contribution < -0.4 is 0 Å². The number of carbonyl (C=O) groups excluding carboxylic acids is 1. The molecular formula is C18H15Cl2N5O. The minimum Gasteiger partial charge on any atom is -0.321 e. The quantitative estimate of drug-likeness (QED) is 0.674. The first-order valence-electron chi connectivity index (χ1n) is 8.13. The second-order valence-electron chi connectivity index (χ2n) is 6.01. The van der Waals surface area contributed by atoms with Gasteiger partial charge < -0.3 is 9.47 Å². The van der Waals surface area contributed by atoms with Gasteiger partial charge in [-0.3, -0.25) is 9.78 Å². The van der Waals surface area contributed by atoms with Crippen LogP contribution in [0.25, 0.3) is 0 Å². The van der Waals surface area contributed by atoms with E-state index in [4.69, 9.17) is 23.2 Å². The van der Waals surface area contributed by atoms with Crippen LogP contribution in [0.15, 0.2) is 42.6 Å². The molecule has 0 fully saturated rings. The Bertz CT molecular complexity index is 973. The van der Waals surface area contributed by atoms with Gasteiger partial charge >= 0.3 is 0 Å². The maximum Gasteiger partial charge on any atom is 0.256 e. The van der Waals surface area contributed by atoms with E-state index < -0.39 is 6.04 Å². The predicted molar refractivity (Wildman–Crippen MR) is 98.3 cm³/mol. The maximum absolute atomic E-state index is 13.3. The summed E-state index contributed by atoms with van der Waals surface area (Å²) >= 11 is 12.4. The number of fused-ring (bicyclic) bond motifs is 1. The third kappa shape index (κ3) is 2.75. The van der Waals surface area contributed by atoms with E-state index in [2.05, 4.69) is 15.2 Å². The minimum atomic E-state index is -0.436. The molecule has 1 unspecified atom stereocenters. The lowest BCUT2D eigenvalue weighted by Gasteiger charge is -2.35. The van der Waals surface area contributed by atoms with Crippen molar-refractivity contribution < 1.29 is 4.79 Å². The highest BCUT2D eigenvalue weighted by Crippen LogP contribution is 2.34. The molecule has 1 aliphatic heterocycles. The first-order chi connectivity index (χ1) is 12.6. The fraction of sp³-hybridized carbons (Fsp3) is 0.222. The smallest absolute Gasteiger partial charge is 0.256 e. The third-order valence-corrected chi connectivity index (χ3v) is 5.31. The molecule has 8 heteroatoms. The Labute approximate surface area is 160 Å². The molecule has 1 aliphatic rings. The number of aryl methyl sites for hydroxylation is 1. The SMILES string of the molecule is Cc1nnc2n1CCN(C(=O)c1cccc(Cl)c1Cl)C2c1ccccn1. The normalized spacial score (nSPS) is 16.4. The average Bonchev–Trinajstić information content (AvgIpc) is 3.04. The average molecular weight is 388 g/mol. The second-order valence-corrected chi connectivity index (χ2v) is 6.80. The molecule has 1 amide bonds. The van der Waals surface area contributed by atoms with Crippen LogP contribution in [0, 0.1) is 6.92 Å². The summed E-state index contributed by atoms with van der Waals surface area (Å²) in [7, 11) is 0. The van der Waals surface area contributed by atoms with Gasteiger partial charge in [-0.1, -0.05) is 35.3 Å². The number of nitrogens with zero attached hydrogens (tertiary/aromatic N) is 5. The number of rotatable bonds is 2. The lowest BCUT2D eigenvalue weighted by molar-refractivity contribution is 0.0653. The van der Waals surface area contributed by atoms with Crippen molar-refractivity contribution in [3.8, 4) is 0 Å². The largest absolute Gasteiger partial charge is 0.321 e. The molecule has 1 aromatic carbocycles. The van der Waals surface area contributed by atoms with Gasteiger partial charge in [-0.05, 0) is 31.2 Å². The highest BCUT2D eigenvalue weighted by Gasteiger charge is 2.36.